The third kappa shape index (κ3) is 2.77. The van der Waals surface area contributed by atoms with E-state index in [4.69, 9.17) is 17.3 Å². The topological polar surface area (TPSA) is 74.6 Å². The number of aryl methyl sites for hydroxylation is 2. The molecule has 0 saturated heterocycles. The van der Waals surface area contributed by atoms with E-state index in [1.807, 2.05) is 30.3 Å². The van der Waals surface area contributed by atoms with Gasteiger partial charge in [-0.1, -0.05) is 30.3 Å². The monoisotopic (exact) mass is 300 g/mol. The lowest BCUT2D eigenvalue weighted by molar-refractivity contribution is 0.716. The maximum atomic E-state index is 6.31. The van der Waals surface area contributed by atoms with E-state index in [0.29, 0.717) is 12.3 Å². The van der Waals surface area contributed by atoms with Crippen LogP contribution in [0.25, 0.3) is 0 Å². The molecular weight excluding hydrogens is 284 g/mol. The van der Waals surface area contributed by atoms with Crippen LogP contribution in [0, 0.1) is 0 Å². The van der Waals surface area contributed by atoms with Gasteiger partial charge in [-0.2, -0.15) is 5.10 Å². The number of halogens is 1. The first kappa shape index (κ1) is 14.4. The van der Waals surface area contributed by atoms with Crippen LogP contribution in [0.2, 0.25) is 5.02 Å². The summed E-state index contributed by atoms with van der Waals surface area (Å²) in [5.41, 5.74) is 7.50. The highest BCUT2D eigenvalue weighted by molar-refractivity contribution is 7.98. The maximum absolute atomic E-state index is 6.31. The molecule has 0 aromatic carbocycles. The Bertz CT molecular complexity index is 576. The lowest BCUT2D eigenvalue weighted by atomic mass is 10.3. The van der Waals surface area contributed by atoms with Crippen molar-refractivity contribution in [2.75, 3.05) is 0 Å². The molecule has 19 heavy (non-hydrogen) atoms. The molecule has 2 aromatic rings. The lowest BCUT2D eigenvalue weighted by Crippen LogP contribution is -2.05. The van der Waals surface area contributed by atoms with Crippen molar-refractivity contribution in [1.82, 2.24) is 24.5 Å². The van der Waals surface area contributed by atoms with Crippen LogP contribution in [0.3, 0.4) is 0 Å². The molecule has 0 fully saturated rings. The second-order valence-corrected chi connectivity index (χ2v) is 5.46. The fourth-order valence-corrected chi connectivity index (χ4v) is 3.19. The van der Waals surface area contributed by atoms with Crippen LogP contribution < -0.4 is 5.73 Å². The number of rotatable bonds is 5. The van der Waals surface area contributed by atoms with Gasteiger partial charge in [0.15, 0.2) is 5.16 Å². The number of aromatic nitrogens is 5. The van der Waals surface area contributed by atoms with Crippen molar-refractivity contribution in [2.24, 2.45) is 19.8 Å². The molecule has 8 heteroatoms. The Kier molecular flexibility index (Phi) is 4.49. The Morgan fingerprint density at radius 1 is 1.32 bits per heavy atom. The Morgan fingerprint density at radius 2 is 2.05 bits per heavy atom. The van der Waals surface area contributed by atoms with Gasteiger partial charge in [-0.3, -0.25) is 4.68 Å². The van der Waals surface area contributed by atoms with Gasteiger partial charge in [0.25, 0.3) is 0 Å². The molecule has 2 rings (SSSR count). The van der Waals surface area contributed by atoms with Crippen molar-refractivity contribution < 1.29 is 0 Å². The summed E-state index contributed by atoms with van der Waals surface area (Å²) >= 11 is 7.89. The number of thioether (sulfide) groups is 1. The Balaban J connectivity index is 2.14. The van der Waals surface area contributed by atoms with E-state index in [1.165, 1.54) is 0 Å². The Labute approximate surface area is 121 Å². The van der Waals surface area contributed by atoms with Gasteiger partial charge in [0.2, 0.25) is 0 Å². The zero-order valence-electron chi connectivity index (χ0n) is 11.2. The Morgan fingerprint density at radius 3 is 2.58 bits per heavy atom. The molecule has 0 amide bonds. The van der Waals surface area contributed by atoms with Crippen LogP contribution in [-0.4, -0.2) is 24.5 Å². The number of nitrogens with two attached hydrogens (primary N) is 1. The van der Waals surface area contributed by atoms with Crippen molar-refractivity contribution in [3.8, 4) is 0 Å². The quantitative estimate of drug-likeness (QED) is 0.847. The van der Waals surface area contributed by atoms with E-state index in [9.17, 15) is 0 Å². The number of hydrogen-bond donors (Lipinski definition) is 1. The molecule has 104 valence electrons. The first-order valence-corrected chi connectivity index (χ1v) is 7.36. The summed E-state index contributed by atoms with van der Waals surface area (Å²) in [5, 5.41) is 14.1. The minimum Gasteiger partial charge on any atom is -0.324 e. The smallest absolute Gasteiger partial charge is 0.191 e. The van der Waals surface area contributed by atoms with E-state index >= 15 is 0 Å². The van der Waals surface area contributed by atoms with Gasteiger partial charge in [0.05, 0.1) is 23.0 Å². The molecule has 6 nitrogen and oxygen atoms in total. The minimum absolute atomic E-state index is 0.385. The van der Waals surface area contributed by atoms with Gasteiger partial charge in [-0.05, 0) is 6.42 Å². The Hall–Kier alpha value is -1.05. The van der Waals surface area contributed by atoms with E-state index in [-0.39, 0.29) is 0 Å². The summed E-state index contributed by atoms with van der Waals surface area (Å²) in [5.74, 6) is 1.48. The zero-order chi connectivity index (χ0) is 14.0. The fraction of sp³-hybridized carbons (Fsp3) is 0.545. The molecular formula is C11H17ClN6S. The molecule has 0 bridgehead atoms. The molecule has 2 aromatic heterocycles. The number of nitrogens with zero attached hydrogens (tertiary/aromatic N) is 5. The van der Waals surface area contributed by atoms with Gasteiger partial charge in [0.1, 0.15) is 5.82 Å². The molecule has 0 radical (unpaired) electrons. The molecule has 0 unspecified atom stereocenters. The first-order valence-electron chi connectivity index (χ1n) is 5.99. The standard InChI is InChI=1S/C11H17ClN6S/c1-4-7-10(12)8(18(3)16-7)6-19-11-15-14-9(5-13)17(11)2/h4-6,13H2,1-3H3. The van der Waals surface area contributed by atoms with E-state index in [0.717, 1.165) is 33.8 Å². The van der Waals surface area contributed by atoms with Crippen LogP contribution in [-0.2, 0) is 32.8 Å². The molecule has 0 aliphatic heterocycles. The first-order chi connectivity index (χ1) is 9.08. The lowest BCUT2D eigenvalue weighted by Gasteiger charge is -2.03. The van der Waals surface area contributed by atoms with E-state index < -0.39 is 0 Å². The van der Waals surface area contributed by atoms with Crippen LogP contribution >= 0.6 is 23.4 Å². The van der Waals surface area contributed by atoms with Gasteiger partial charge in [-0.25, -0.2) is 0 Å². The molecule has 0 saturated carbocycles. The fourth-order valence-electron chi connectivity index (χ4n) is 1.76. The van der Waals surface area contributed by atoms with Crippen molar-refractivity contribution in [3.63, 3.8) is 0 Å². The predicted octanol–water partition coefficient (Wildman–Crippen LogP) is 1.52. The predicted molar refractivity (Wildman–Crippen MR) is 76.1 cm³/mol. The zero-order valence-corrected chi connectivity index (χ0v) is 12.8. The van der Waals surface area contributed by atoms with E-state index in [2.05, 4.69) is 15.3 Å². The van der Waals surface area contributed by atoms with Crippen LogP contribution in [0.1, 0.15) is 24.1 Å². The van der Waals surface area contributed by atoms with E-state index in [1.54, 1.807) is 11.8 Å². The molecule has 0 spiro atoms. The average Bonchev–Trinajstić information content (AvgIpc) is 2.88. The normalized spacial score (nSPS) is 11.2. The van der Waals surface area contributed by atoms with Crippen LogP contribution in [0.4, 0.5) is 0 Å². The van der Waals surface area contributed by atoms with Crippen LogP contribution in [0.15, 0.2) is 5.16 Å². The summed E-state index contributed by atoms with van der Waals surface area (Å²) in [4.78, 5) is 0. The maximum Gasteiger partial charge on any atom is 0.191 e. The second kappa shape index (κ2) is 5.94. The van der Waals surface area contributed by atoms with Crippen molar-refractivity contribution in [1.29, 1.82) is 0 Å². The van der Waals surface area contributed by atoms with Gasteiger partial charge < -0.3 is 10.3 Å². The third-order valence-electron chi connectivity index (χ3n) is 2.95. The molecule has 0 aliphatic carbocycles. The summed E-state index contributed by atoms with van der Waals surface area (Å²) in [7, 11) is 3.82. The van der Waals surface area contributed by atoms with Gasteiger partial charge >= 0.3 is 0 Å². The highest BCUT2D eigenvalue weighted by atomic mass is 35.5. The summed E-state index contributed by atoms with van der Waals surface area (Å²) in [6.07, 6.45) is 0.832. The van der Waals surface area contributed by atoms with Gasteiger partial charge in [0, 0.05) is 19.8 Å². The number of hydrogen-bond acceptors (Lipinski definition) is 5. The highest BCUT2D eigenvalue weighted by Crippen LogP contribution is 2.27. The van der Waals surface area contributed by atoms with Gasteiger partial charge in [-0.15, -0.1) is 10.2 Å². The largest absolute Gasteiger partial charge is 0.324 e. The second-order valence-electron chi connectivity index (χ2n) is 4.14. The summed E-state index contributed by atoms with van der Waals surface area (Å²) in [6, 6.07) is 0. The molecule has 2 N–H and O–H groups in total. The summed E-state index contributed by atoms with van der Waals surface area (Å²) in [6.45, 7) is 2.43. The third-order valence-corrected chi connectivity index (χ3v) is 4.42. The van der Waals surface area contributed by atoms with Crippen LogP contribution in [0.5, 0.6) is 0 Å². The SMILES string of the molecule is CCc1nn(C)c(CSc2nnc(CN)n2C)c1Cl. The average molecular weight is 301 g/mol. The molecule has 2 heterocycles. The van der Waals surface area contributed by atoms with Crippen molar-refractivity contribution in [3.05, 3.63) is 22.2 Å². The molecule has 0 aliphatic rings. The molecule has 0 atom stereocenters. The van der Waals surface area contributed by atoms with Crippen molar-refractivity contribution in [2.45, 2.75) is 30.8 Å². The summed E-state index contributed by atoms with van der Waals surface area (Å²) < 4.78 is 3.73. The highest BCUT2D eigenvalue weighted by Gasteiger charge is 2.15. The minimum atomic E-state index is 0.385. The van der Waals surface area contributed by atoms with Crippen molar-refractivity contribution >= 4 is 23.4 Å².